The van der Waals surface area contributed by atoms with Gasteiger partial charge in [0.15, 0.2) is 0 Å². The van der Waals surface area contributed by atoms with Crippen molar-refractivity contribution in [3.05, 3.63) is 24.3 Å². The van der Waals surface area contributed by atoms with Gasteiger partial charge in [-0.25, -0.2) is 0 Å². The third-order valence-corrected chi connectivity index (χ3v) is 2.58. The number of ether oxygens (including phenoxy) is 1. The second-order valence-electron chi connectivity index (χ2n) is 3.91. The lowest BCUT2D eigenvalue weighted by Gasteiger charge is -2.24. The molecule has 1 rings (SSSR count). The maximum atomic E-state index is 7.37. The molecule has 88 valence electrons. The highest BCUT2D eigenvalue weighted by Gasteiger charge is 2.12. The van der Waals surface area contributed by atoms with Gasteiger partial charge in [-0.1, -0.05) is 19.1 Å². The van der Waals surface area contributed by atoms with E-state index in [1.807, 2.05) is 43.1 Å². The topological polar surface area (TPSA) is 62.3 Å². The van der Waals surface area contributed by atoms with E-state index in [4.69, 9.17) is 15.9 Å². The van der Waals surface area contributed by atoms with E-state index in [0.29, 0.717) is 6.54 Å². The lowest BCUT2D eigenvalue weighted by Crippen LogP contribution is -2.32. The van der Waals surface area contributed by atoms with Crippen LogP contribution in [0.15, 0.2) is 24.3 Å². The van der Waals surface area contributed by atoms with Crippen LogP contribution < -0.4 is 15.4 Å². The summed E-state index contributed by atoms with van der Waals surface area (Å²) in [5, 5.41) is 7.37. The minimum absolute atomic E-state index is 0.0370. The largest absolute Gasteiger partial charge is 0.495 e. The van der Waals surface area contributed by atoms with Crippen LogP contribution in [0.25, 0.3) is 0 Å². The number of para-hydroxylation sites is 2. The molecule has 1 aromatic carbocycles. The molecule has 0 bridgehead atoms. The molecule has 16 heavy (non-hydrogen) atoms. The van der Waals surface area contributed by atoms with Gasteiger partial charge in [0.2, 0.25) is 0 Å². The third-order valence-electron chi connectivity index (χ3n) is 2.58. The molecule has 0 amide bonds. The van der Waals surface area contributed by atoms with E-state index in [0.717, 1.165) is 11.4 Å². The smallest absolute Gasteiger partial charge is 0.142 e. The molecule has 1 atom stereocenters. The molecule has 3 N–H and O–H groups in total. The molecule has 0 radical (unpaired) electrons. The van der Waals surface area contributed by atoms with Crippen molar-refractivity contribution in [3.63, 3.8) is 0 Å². The number of hydrogen-bond donors (Lipinski definition) is 2. The lowest BCUT2D eigenvalue weighted by atomic mass is 10.1. The summed E-state index contributed by atoms with van der Waals surface area (Å²) in [6.07, 6.45) is 0. The normalized spacial score (nSPS) is 11.9. The van der Waals surface area contributed by atoms with E-state index < -0.39 is 0 Å². The first-order chi connectivity index (χ1) is 7.56. The molecule has 0 aliphatic heterocycles. The van der Waals surface area contributed by atoms with Crippen LogP contribution in [0.3, 0.4) is 0 Å². The number of nitrogens with one attached hydrogen (secondary N) is 1. The number of amidine groups is 1. The Balaban J connectivity index is 2.79. The first-order valence-corrected chi connectivity index (χ1v) is 5.24. The molecule has 1 unspecified atom stereocenters. The first-order valence-electron chi connectivity index (χ1n) is 5.24. The number of rotatable bonds is 5. The van der Waals surface area contributed by atoms with Gasteiger partial charge < -0.3 is 15.4 Å². The van der Waals surface area contributed by atoms with E-state index in [-0.39, 0.29) is 11.8 Å². The van der Waals surface area contributed by atoms with E-state index >= 15 is 0 Å². The molecule has 4 heteroatoms. The molecule has 0 heterocycles. The van der Waals surface area contributed by atoms with Gasteiger partial charge in [0.1, 0.15) is 5.75 Å². The monoisotopic (exact) mass is 221 g/mol. The molecule has 0 saturated heterocycles. The van der Waals surface area contributed by atoms with Crippen LogP contribution >= 0.6 is 0 Å². The molecule has 0 saturated carbocycles. The Hall–Kier alpha value is -1.71. The Bertz CT molecular complexity index is 365. The van der Waals surface area contributed by atoms with Crippen LogP contribution in [0.2, 0.25) is 0 Å². The minimum Gasteiger partial charge on any atom is -0.495 e. The average Bonchev–Trinajstić information content (AvgIpc) is 2.28. The predicted molar refractivity (Wildman–Crippen MR) is 67.3 cm³/mol. The Morgan fingerprint density at radius 3 is 2.69 bits per heavy atom. The number of hydrogen-bond acceptors (Lipinski definition) is 3. The molecule has 0 fully saturated rings. The van der Waals surface area contributed by atoms with Crippen LogP contribution in [0, 0.1) is 11.3 Å². The standard InChI is InChI=1S/C12H19N3O/c1-9(12(13)14)8-15(2)10-6-4-5-7-11(10)16-3/h4-7,9H,8H2,1-3H3,(H3,13,14). The van der Waals surface area contributed by atoms with Gasteiger partial charge in [-0.05, 0) is 12.1 Å². The molecular formula is C12H19N3O. The Morgan fingerprint density at radius 1 is 1.50 bits per heavy atom. The van der Waals surface area contributed by atoms with Gasteiger partial charge in [-0.15, -0.1) is 0 Å². The highest BCUT2D eigenvalue weighted by molar-refractivity contribution is 5.80. The second-order valence-corrected chi connectivity index (χ2v) is 3.91. The van der Waals surface area contributed by atoms with Crippen molar-refractivity contribution in [1.29, 1.82) is 5.41 Å². The molecule has 1 aromatic rings. The molecule has 0 aliphatic rings. The summed E-state index contributed by atoms with van der Waals surface area (Å²) >= 11 is 0. The number of methoxy groups -OCH3 is 1. The number of anilines is 1. The number of nitrogens with zero attached hydrogens (tertiary/aromatic N) is 1. The fraction of sp³-hybridized carbons (Fsp3) is 0.417. The van der Waals surface area contributed by atoms with Crippen molar-refractivity contribution in [2.24, 2.45) is 11.7 Å². The van der Waals surface area contributed by atoms with Gasteiger partial charge in [-0.3, -0.25) is 5.41 Å². The summed E-state index contributed by atoms with van der Waals surface area (Å²) in [5.74, 6) is 1.08. The summed E-state index contributed by atoms with van der Waals surface area (Å²) in [7, 11) is 3.62. The molecule has 4 nitrogen and oxygen atoms in total. The lowest BCUT2D eigenvalue weighted by molar-refractivity contribution is 0.414. The van der Waals surface area contributed by atoms with Crippen LogP contribution in [-0.2, 0) is 0 Å². The average molecular weight is 221 g/mol. The summed E-state index contributed by atoms with van der Waals surface area (Å²) in [6.45, 7) is 2.64. The zero-order valence-electron chi connectivity index (χ0n) is 10.0. The van der Waals surface area contributed by atoms with Crippen LogP contribution in [0.1, 0.15) is 6.92 Å². The predicted octanol–water partition coefficient (Wildman–Crippen LogP) is 1.70. The molecule has 0 aliphatic carbocycles. The fourth-order valence-corrected chi connectivity index (χ4v) is 1.55. The van der Waals surface area contributed by atoms with E-state index in [2.05, 4.69) is 0 Å². The summed E-state index contributed by atoms with van der Waals surface area (Å²) < 4.78 is 5.28. The summed E-state index contributed by atoms with van der Waals surface area (Å²) in [4.78, 5) is 2.05. The zero-order chi connectivity index (χ0) is 12.1. The van der Waals surface area contributed by atoms with E-state index in [9.17, 15) is 0 Å². The molecular weight excluding hydrogens is 202 g/mol. The summed E-state index contributed by atoms with van der Waals surface area (Å²) in [5.41, 5.74) is 6.47. The van der Waals surface area contributed by atoms with Crippen LogP contribution in [0.4, 0.5) is 5.69 Å². The van der Waals surface area contributed by atoms with Gasteiger partial charge in [0.05, 0.1) is 18.6 Å². The van der Waals surface area contributed by atoms with Crippen molar-refractivity contribution >= 4 is 11.5 Å². The van der Waals surface area contributed by atoms with Crippen molar-refractivity contribution < 1.29 is 4.74 Å². The summed E-state index contributed by atoms with van der Waals surface area (Å²) in [6, 6.07) is 7.81. The van der Waals surface area contributed by atoms with Crippen molar-refractivity contribution in [3.8, 4) is 5.75 Å². The van der Waals surface area contributed by atoms with Crippen molar-refractivity contribution in [1.82, 2.24) is 0 Å². The van der Waals surface area contributed by atoms with E-state index in [1.165, 1.54) is 0 Å². The highest BCUT2D eigenvalue weighted by atomic mass is 16.5. The Kier molecular flexibility index (Phi) is 4.17. The Labute approximate surface area is 96.5 Å². The SMILES string of the molecule is COc1ccccc1N(C)CC(C)C(=N)N. The van der Waals surface area contributed by atoms with Crippen molar-refractivity contribution in [2.75, 3.05) is 25.6 Å². The second kappa shape index (κ2) is 5.39. The van der Waals surface area contributed by atoms with Crippen LogP contribution in [0.5, 0.6) is 5.75 Å². The van der Waals surface area contributed by atoms with Gasteiger partial charge in [0.25, 0.3) is 0 Å². The van der Waals surface area contributed by atoms with Gasteiger partial charge in [-0.2, -0.15) is 0 Å². The Morgan fingerprint density at radius 2 is 2.12 bits per heavy atom. The fourth-order valence-electron chi connectivity index (χ4n) is 1.55. The number of benzene rings is 1. The number of nitrogens with two attached hydrogens (primary N) is 1. The van der Waals surface area contributed by atoms with Crippen LogP contribution in [-0.4, -0.2) is 26.5 Å². The minimum atomic E-state index is 0.0370. The maximum absolute atomic E-state index is 7.37. The van der Waals surface area contributed by atoms with Gasteiger partial charge >= 0.3 is 0 Å². The zero-order valence-corrected chi connectivity index (χ0v) is 10.0. The molecule has 0 spiro atoms. The third kappa shape index (κ3) is 2.89. The maximum Gasteiger partial charge on any atom is 0.142 e. The van der Waals surface area contributed by atoms with Crippen molar-refractivity contribution in [2.45, 2.75) is 6.92 Å². The van der Waals surface area contributed by atoms with Gasteiger partial charge in [0, 0.05) is 19.5 Å². The van der Waals surface area contributed by atoms with E-state index in [1.54, 1.807) is 7.11 Å². The first kappa shape index (κ1) is 12.4. The quantitative estimate of drug-likeness (QED) is 0.587. The molecule has 0 aromatic heterocycles. The highest BCUT2D eigenvalue weighted by Crippen LogP contribution is 2.26.